The van der Waals surface area contributed by atoms with Crippen LogP contribution in [0.3, 0.4) is 0 Å². The van der Waals surface area contributed by atoms with Gasteiger partial charge in [-0.3, -0.25) is 4.72 Å². The van der Waals surface area contributed by atoms with Gasteiger partial charge in [-0.25, -0.2) is 8.42 Å². The Morgan fingerprint density at radius 3 is 2.35 bits per heavy atom. The minimum atomic E-state index is -3.72. The molecule has 0 fully saturated rings. The molecule has 1 aromatic heterocycles. The van der Waals surface area contributed by atoms with Crippen LogP contribution in [0.5, 0.6) is 0 Å². The predicted octanol–water partition coefficient (Wildman–Crippen LogP) is 2.38. The topological polar surface area (TPSA) is 93.2 Å². The van der Waals surface area contributed by atoms with Gasteiger partial charge in [-0.05, 0) is 42.8 Å². The van der Waals surface area contributed by atoms with E-state index in [1.165, 1.54) is 24.3 Å². The Kier molecular flexibility index (Phi) is 6.14. The molecule has 0 aliphatic heterocycles. The molecule has 0 radical (unpaired) electrons. The molecule has 2 aromatic rings. The summed E-state index contributed by atoms with van der Waals surface area (Å²) >= 11 is 5.75. The molecule has 0 amide bonds. The number of nitrogens with one attached hydrogen (secondary N) is 2. The van der Waals surface area contributed by atoms with E-state index in [1.54, 1.807) is 19.2 Å². The van der Waals surface area contributed by atoms with Crippen LogP contribution in [0.2, 0.25) is 5.02 Å². The van der Waals surface area contributed by atoms with Crippen LogP contribution in [0.1, 0.15) is 6.42 Å². The maximum Gasteiger partial charge on any atom is 0.263 e. The molecule has 1 aromatic carbocycles. The average Bonchev–Trinajstić information content (AvgIpc) is 2.53. The average molecular weight is 357 g/mol. The highest BCUT2D eigenvalue weighted by molar-refractivity contribution is 7.92. The summed E-state index contributed by atoms with van der Waals surface area (Å²) in [6.07, 6.45) is 0.836. The number of nitrogens with zero attached hydrogens (tertiary/aromatic N) is 2. The van der Waals surface area contributed by atoms with Crippen molar-refractivity contribution in [2.45, 2.75) is 11.3 Å². The fourth-order valence-corrected chi connectivity index (χ4v) is 2.85. The molecule has 23 heavy (non-hydrogen) atoms. The smallest absolute Gasteiger partial charge is 0.263 e. The van der Waals surface area contributed by atoms with Crippen LogP contribution in [0, 0.1) is 0 Å². The van der Waals surface area contributed by atoms with Crippen molar-refractivity contribution in [2.24, 2.45) is 0 Å². The normalized spacial score (nSPS) is 11.2. The number of rotatable bonds is 8. The van der Waals surface area contributed by atoms with E-state index >= 15 is 0 Å². The maximum atomic E-state index is 12.2. The molecule has 2 N–H and O–H groups in total. The second kappa shape index (κ2) is 8.09. The van der Waals surface area contributed by atoms with Gasteiger partial charge in [0.1, 0.15) is 5.82 Å². The molecule has 0 aliphatic rings. The lowest BCUT2D eigenvalue weighted by atomic mass is 10.4. The van der Waals surface area contributed by atoms with Crippen LogP contribution in [0.15, 0.2) is 41.3 Å². The molecular formula is C14H17ClN4O3S. The first-order valence-electron chi connectivity index (χ1n) is 6.86. The highest BCUT2D eigenvalue weighted by Gasteiger charge is 2.14. The van der Waals surface area contributed by atoms with Crippen molar-refractivity contribution in [3.8, 4) is 0 Å². The third-order valence-corrected chi connectivity index (χ3v) is 4.48. The number of sulfonamides is 1. The molecule has 2 rings (SSSR count). The second-order valence-electron chi connectivity index (χ2n) is 4.64. The van der Waals surface area contributed by atoms with E-state index in [2.05, 4.69) is 20.2 Å². The van der Waals surface area contributed by atoms with Crippen LogP contribution in [-0.2, 0) is 14.8 Å². The van der Waals surface area contributed by atoms with Crippen LogP contribution >= 0.6 is 11.6 Å². The summed E-state index contributed by atoms with van der Waals surface area (Å²) < 4.78 is 31.7. The van der Waals surface area contributed by atoms with Crippen LogP contribution in [0.25, 0.3) is 0 Å². The largest absolute Gasteiger partial charge is 0.385 e. The van der Waals surface area contributed by atoms with E-state index < -0.39 is 10.0 Å². The van der Waals surface area contributed by atoms with Gasteiger partial charge in [-0.15, -0.1) is 10.2 Å². The minimum absolute atomic E-state index is 0.102. The molecule has 0 saturated carbocycles. The van der Waals surface area contributed by atoms with Gasteiger partial charge in [-0.2, -0.15) is 0 Å². The standard InChI is InChI=1S/C14H17ClN4O3S/c1-22-10-2-9-16-13-7-8-14(18-17-13)19-23(20,21)12-5-3-11(15)4-6-12/h3-8H,2,9-10H2,1H3,(H,16,17)(H,18,19). The molecule has 7 nitrogen and oxygen atoms in total. The van der Waals surface area contributed by atoms with Crippen LogP contribution in [-0.4, -0.2) is 38.9 Å². The zero-order valence-electron chi connectivity index (χ0n) is 12.5. The summed E-state index contributed by atoms with van der Waals surface area (Å²) in [5.74, 6) is 0.706. The van der Waals surface area contributed by atoms with Gasteiger partial charge in [0.05, 0.1) is 4.90 Å². The van der Waals surface area contributed by atoms with E-state index in [4.69, 9.17) is 16.3 Å². The van der Waals surface area contributed by atoms with Crippen LogP contribution < -0.4 is 10.0 Å². The number of aromatic nitrogens is 2. The van der Waals surface area contributed by atoms with Crippen molar-refractivity contribution in [1.29, 1.82) is 0 Å². The maximum absolute atomic E-state index is 12.2. The first-order valence-corrected chi connectivity index (χ1v) is 8.72. The van der Waals surface area contributed by atoms with Crippen molar-refractivity contribution in [2.75, 3.05) is 30.3 Å². The van der Waals surface area contributed by atoms with Crippen molar-refractivity contribution in [1.82, 2.24) is 10.2 Å². The Morgan fingerprint density at radius 2 is 1.74 bits per heavy atom. The fraction of sp³-hybridized carbons (Fsp3) is 0.286. The molecule has 0 saturated heterocycles. The molecule has 1 heterocycles. The Labute approximate surface area is 140 Å². The van der Waals surface area contributed by atoms with Gasteiger partial charge in [-0.1, -0.05) is 11.6 Å². The summed E-state index contributed by atoms with van der Waals surface area (Å²) in [4.78, 5) is 0.102. The van der Waals surface area contributed by atoms with Gasteiger partial charge in [0.15, 0.2) is 5.82 Å². The number of hydrogen-bond donors (Lipinski definition) is 2. The third-order valence-electron chi connectivity index (χ3n) is 2.86. The predicted molar refractivity (Wildman–Crippen MR) is 89.3 cm³/mol. The first-order chi connectivity index (χ1) is 11.0. The van der Waals surface area contributed by atoms with E-state index in [0.29, 0.717) is 24.0 Å². The summed E-state index contributed by atoms with van der Waals surface area (Å²) in [5.41, 5.74) is 0. The summed E-state index contributed by atoms with van der Waals surface area (Å²) in [6.45, 7) is 1.35. The van der Waals surface area contributed by atoms with Crippen molar-refractivity contribution in [3.63, 3.8) is 0 Å². The van der Waals surface area contributed by atoms with E-state index in [0.717, 1.165) is 6.42 Å². The summed E-state index contributed by atoms with van der Waals surface area (Å²) in [5, 5.41) is 11.3. The lowest BCUT2D eigenvalue weighted by Gasteiger charge is -2.08. The molecule has 124 valence electrons. The Balaban J connectivity index is 1.98. The van der Waals surface area contributed by atoms with E-state index in [9.17, 15) is 8.42 Å². The number of halogens is 1. The van der Waals surface area contributed by atoms with Gasteiger partial charge in [0.25, 0.3) is 10.0 Å². The second-order valence-corrected chi connectivity index (χ2v) is 6.76. The number of ether oxygens (including phenoxy) is 1. The number of benzene rings is 1. The van der Waals surface area contributed by atoms with Crippen molar-refractivity contribution >= 4 is 33.3 Å². The zero-order valence-corrected chi connectivity index (χ0v) is 14.1. The molecule has 0 aliphatic carbocycles. The Hall–Kier alpha value is -1.90. The van der Waals surface area contributed by atoms with Gasteiger partial charge in [0, 0.05) is 25.3 Å². The number of methoxy groups -OCH3 is 1. The minimum Gasteiger partial charge on any atom is -0.385 e. The fourth-order valence-electron chi connectivity index (χ4n) is 1.72. The summed E-state index contributed by atoms with van der Waals surface area (Å²) in [7, 11) is -2.08. The van der Waals surface area contributed by atoms with Crippen molar-refractivity contribution < 1.29 is 13.2 Å². The van der Waals surface area contributed by atoms with Crippen molar-refractivity contribution in [3.05, 3.63) is 41.4 Å². The van der Waals surface area contributed by atoms with E-state index in [-0.39, 0.29) is 10.7 Å². The SMILES string of the molecule is COCCCNc1ccc(NS(=O)(=O)c2ccc(Cl)cc2)nn1. The molecule has 0 bridgehead atoms. The monoisotopic (exact) mass is 356 g/mol. The summed E-state index contributed by atoms with van der Waals surface area (Å²) in [6, 6.07) is 9.05. The third kappa shape index (κ3) is 5.34. The zero-order chi connectivity index (χ0) is 16.7. The number of hydrogen-bond acceptors (Lipinski definition) is 6. The lowest BCUT2D eigenvalue weighted by Crippen LogP contribution is -2.14. The first kappa shape index (κ1) is 17.5. The molecule has 0 unspecified atom stereocenters. The highest BCUT2D eigenvalue weighted by atomic mass is 35.5. The molecule has 0 spiro atoms. The van der Waals surface area contributed by atoms with Crippen LogP contribution in [0.4, 0.5) is 11.6 Å². The van der Waals surface area contributed by atoms with E-state index in [1.807, 2.05) is 0 Å². The Bertz CT molecular complexity index is 721. The van der Waals surface area contributed by atoms with Gasteiger partial charge < -0.3 is 10.1 Å². The molecular weight excluding hydrogens is 340 g/mol. The molecule has 0 atom stereocenters. The Morgan fingerprint density at radius 1 is 1.09 bits per heavy atom. The lowest BCUT2D eigenvalue weighted by molar-refractivity contribution is 0.197. The highest BCUT2D eigenvalue weighted by Crippen LogP contribution is 2.17. The van der Waals surface area contributed by atoms with Gasteiger partial charge in [0.2, 0.25) is 0 Å². The quantitative estimate of drug-likeness (QED) is 0.705. The number of anilines is 2. The van der Waals surface area contributed by atoms with Gasteiger partial charge >= 0.3 is 0 Å². The molecule has 9 heteroatoms.